The molecule has 7 heteroatoms. The molecule has 6 nitrogen and oxygen atoms in total. The highest BCUT2D eigenvalue weighted by Gasteiger charge is 2.37. The SMILES string of the molecule is Cc1c(Cl)cccc1NC(=O)CNC(=O)[C@H]1CC(=O)N([C@@H](C)c2ccccc2)C1. The van der Waals surface area contributed by atoms with Crippen molar-refractivity contribution < 1.29 is 14.4 Å². The van der Waals surface area contributed by atoms with Gasteiger partial charge in [-0.1, -0.05) is 48.0 Å². The van der Waals surface area contributed by atoms with Crippen LogP contribution in [0.1, 0.15) is 30.5 Å². The lowest BCUT2D eigenvalue weighted by Crippen LogP contribution is -2.38. The first-order valence-corrected chi connectivity index (χ1v) is 9.91. The largest absolute Gasteiger partial charge is 0.347 e. The van der Waals surface area contributed by atoms with Crippen molar-refractivity contribution in [2.24, 2.45) is 5.92 Å². The number of hydrogen-bond donors (Lipinski definition) is 2. The average molecular weight is 414 g/mol. The second-order valence-corrected chi connectivity index (χ2v) is 7.62. The van der Waals surface area contributed by atoms with Crippen LogP contribution in [0.5, 0.6) is 0 Å². The topological polar surface area (TPSA) is 78.5 Å². The molecule has 0 bridgehead atoms. The highest BCUT2D eigenvalue weighted by molar-refractivity contribution is 6.31. The number of rotatable bonds is 6. The summed E-state index contributed by atoms with van der Waals surface area (Å²) in [6, 6.07) is 14.8. The van der Waals surface area contributed by atoms with Gasteiger partial charge in [0, 0.05) is 23.7 Å². The minimum absolute atomic E-state index is 0.0551. The first-order chi connectivity index (χ1) is 13.9. The zero-order chi connectivity index (χ0) is 21.0. The van der Waals surface area contributed by atoms with Crippen molar-refractivity contribution in [2.75, 3.05) is 18.4 Å². The van der Waals surface area contributed by atoms with Gasteiger partial charge in [0.15, 0.2) is 0 Å². The van der Waals surface area contributed by atoms with Crippen molar-refractivity contribution in [1.29, 1.82) is 0 Å². The molecule has 152 valence electrons. The molecular formula is C22H24ClN3O3. The molecule has 1 aliphatic heterocycles. The van der Waals surface area contributed by atoms with E-state index < -0.39 is 5.92 Å². The van der Waals surface area contributed by atoms with Crippen molar-refractivity contribution in [1.82, 2.24) is 10.2 Å². The van der Waals surface area contributed by atoms with Crippen LogP contribution in [0.4, 0.5) is 5.69 Å². The highest BCUT2D eigenvalue weighted by Crippen LogP contribution is 2.28. The van der Waals surface area contributed by atoms with Crippen molar-refractivity contribution >= 4 is 35.0 Å². The smallest absolute Gasteiger partial charge is 0.243 e. The van der Waals surface area contributed by atoms with Crippen LogP contribution in [0.2, 0.25) is 5.02 Å². The molecule has 2 N–H and O–H groups in total. The molecule has 2 aromatic carbocycles. The quantitative estimate of drug-likeness (QED) is 0.762. The second kappa shape index (κ2) is 9.09. The van der Waals surface area contributed by atoms with E-state index in [0.717, 1.165) is 11.1 Å². The molecular weight excluding hydrogens is 390 g/mol. The van der Waals surface area contributed by atoms with E-state index in [2.05, 4.69) is 10.6 Å². The average Bonchev–Trinajstić information content (AvgIpc) is 3.11. The maximum atomic E-state index is 12.5. The van der Waals surface area contributed by atoms with E-state index in [1.165, 1.54) is 0 Å². The first-order valence-electron chi connectivity index (χ1n) is 9.54. The maximum absolute atomic E-state index is 12.5. The van der Waals surface area contributed by atoms with E-state index >= 15 is 0 Å². The van der Waals surface area contributed by atoms with Gasteiger partial charge in [0.1, 0.15) is 0 Å². The Morgan fingerprint density at radius 1 is 1.17 bits per heavy atom. The molecule has 0 unspecified atom stereocenters. The van der Waals surface area contributed by atoms with Gasteiger partial charge in [0.05, 0.1) is 18.5 Å². The molecule has 0 saturated carbocycles. The number of carbonyl (C=O) groups excluding carboxylic acids is 3. The number of hydrogen-bond acceptors (Lipinski definition) is 3. The van der Waals surface area contributed by atoms with Gasteiger partial charge < -0.3 is 15.5 Å². The number of anilines is 1. The summed E-state index contributed by atoms with van der Waals surface area (Å²) in [7, 11) is 0. The van der Waals surface area contributed by atoms with E-state index in [1.54, 1.807) is 23.1 Å². The van der Waals surface area contributed by atoms with Crippen molar-refractivity contribution in [3.8, 4) is 0 Å². The lowest BCUT2D eigenvalue weighted by atomic mass is 10.1. The molecule has 1 heterocycles. The molecule has 1 fully saturated rings. The van der Waals surface area contributed by atoms with Crippen LogP contribution in [0.25, 0.3) is 0 Å². The van der Waals surface area contributed by atoms with Gasteiger partial charge in [-0.05, 0) is 37.1 Å². The molecule has 2 aromatic rings. The third-order valence-electron chi connectivity index (χ3n) is 5.24. The van der Waals surface area contributed by atoms with Gasteiger partial charge in [0.25, 0.3) is 0 Å². The Morgan fingerprint density at radius 2 is 1.90 bits per heavy atom. The molecule has 0 radical (unpaired) electrons. The number of nitrogens with one attached hydrogen (secondary N) is 2. The number of benzene rings is 2. The van der Waals surface area contributed by atoms with Crippen LogP contribution in [-0.4, -0.2) is 35.7 Å². The standard InChI is InChI=1S/C22H24ClN3O3/c1-14-18(23)9-6-10-19(14)25-20(27)12-24-22(29)17-11-21(28)26(13-17)15(2)16-7-4-3-5-8-16/h3-10,15,17H,11-13H2,1-2H3,(H,24,29)(H,25,27)/t15-,17-/m0/s1. The van der Waals surface area contributed by atoms with Crippen LogP contribution in [0, 0.1) is 12.8 Å². The molecule has 1 aliphatic rings. The Kier molecular flexibility index (Phi) is 6.54. The van der Waals surface area contributed by atoms with Gasteiger partial charge in [-0.15, -0.1) is 0 Å². The van der Waals surface area contributed by atoms with Crippen LogP contribution < -0.4 is 10.6 Å². The number of halogens is 1. The Labute approximate surface area is 175 Å². The molecule has 0 aliphatic carbocycles. The monoisotopic (exact) mass is 413 g/mol. The van der Waals surface area contributed by atoms with Crippen molar-refractivity contribution in [3.05, 3.63) is 64.7 Å². The zero-order valence-electron chi connectivity index (χ0n) is 16.4. The minimum atomic E-state index is -0.464. The zero-order valence-corrected chi connectivity index (χ0v) is 17.2. The first kappa shape index (κ1) is 20.9. The van der Waals surface area contributed by atoms with Crippen LogP contribution in [-0.2, 0) is 14.4 Å². The minimum Gasteiger partial charge on any atom is -0.347 e. The summed E-state index contributed by atoms with van der Waals surface area (Å²) in [4.78, 5) is 38.8. The van der Waals surface area contributed by atoms with Gasteiger partial charge >= 0.3 is 0 Å². The third kappa shape index (κ3) is 4.95. The van der Waals surface area contributed by atoms with Gasteiger partial charge in [0.2, 0.25) is 17.7 Å². The fourth-order valence-corrected chi connectivity index (χ4v) is 3.62. The second-order valence-electron chi connectivity index (χ2n) is 7.21. The lowest BCUT2D eigenvalue weighted by molar-refractivity contribution is -0.130. The van der Waals surface area contributed by atoms with Crippen LogP contribution in [0.15, 0.2) is 48.5 Å². The lowest BCUT2D eigenvalue weighted by Gasteiger charge is -2.25. The summed E-state index contributed by atoms with van der Waals surface area (Å²) in [5.74, 6) is -1.16. The van der Waals surface area contributed by atoms with Crippen LogP contribution >= 0.6 is 11.6 Å². The number of amides is 3. The maximum Gasteiger partial charge on any atom is 0.243 e. The Balaban J connectivity index is 1.53. The summed E-state index contributed by atoms with van der Waals surface area (Å²) >= 11 is 6.05. The molecule has 1 saturated heterocycles. The van der Waals surface area contributed by atoms with E-state index in [4.69, 9.17) is 11.6 Å². The molecule has 0 aromatic heterocycles. The van der Waals surface area contributed by atoms with Crippen molar-refractivity contribution in [3.63, 3.8) is 0 Å². The summed E-state index contributed by atoms with van der Waals surface area (Å²) in [6.45, 7) is 3.94. The Hall–Kier alpha value is -2.86. The third-order valence-corrected chi connectivity index (χ3v) is 5.65. The van der Waals surface area contributed by atoms with Crippen LogP contribution in [0.3, 0.4) is 0 Å². The Morgan fingerprint density at radius 3 is 2.62 bits per heavy atom. The summed E-state index contributed by atoms with van der Waals surface area (Å²) in [6.07, 6.45) is 0.151. The summed E-state index contributed by atoms with van der Waals surface area (Å²) in [5.41, 5.74) is 2.40. The van der Waals surface area contributed by atoms with E-state index in [-0.39, 0.29) is 36.7 Å². The van der Waals surface area contributed by atoms with Crippen molar-refractivity contribution in [2.45, 2.75) is 26.3 Å². The van der Waals surface area contributed by atoms with E-state index in [1.807, 2.05) is 44.2 Å². The summed E-state index contributed by atoms with van der Waals surface area (Å²) in [5, 5.41) is 5.93. The molecule has 3 amide bonds. The molecule has 2 atom stereocenters. The predicted molar refractivity (Wildman–Crippen MR) is 113 cm³/mol. The Bertz CT molecular complexity index is 917. The number of nitrogens with zero attached hydrogens (tertiary/aromatic N) is 1. The van der Waals surface area contributed by atoms with Gasteiger partial charge in [-0.2, -0.15) is 0 Å². The fourth-order valence-electron chi connectivity index (χ4n) is 3.44. The fraction of sp³-hybridized carbons (Fsp3) is 0.318. The summed E-state index contributed by atoms with van der Waals surface area (Å²) < 4.78 is 0. The normalized spacial score (nSPS) is 17.1. The van der Waals surface area contributed by atoms with Gasteiger partial charge in [-0.25, -0.2) is 0 Å². The molecule has 3 rings (SSSR count). The molecule has 0 spiro atoms. The van der Waals surface area contributed by atoms with E-state index in [0.29, 0.717) is 17.3 Å². The highest BCUT2D eigenvalue weighted by atomic mass is 35.5. The van der Waals surface area contributed by atoms with E-state index in [9.17, 15) is 14.4 Å². The molecule has 29 heavy (non-hydrogen) atoms. The number of likely N-dealkylation sites (tertiary alicyclic amines) is 1. The van der Waals surface area contributed by atoms with Gasteiger partial charge in [-0.3, -0.25) is 14.4 Å². The number of carbonyl (C=O) groups is 3. The predicted octanol–water partition coefficient (Wildman–Crippen LogP) is 3.31.